The maximum absolute atomic E-state index is 14.6. The molecule has 4 heterocycles. The number of benzene rings is 1. The van der Waals surface area contributed by atoms with Gasteiger partial charge < -0.3 is 9.26 Å². The van der Waals surface area contributed by atoms with Gasteiger partial charge in [0.25, 0.3) is 5.56 Å². The molecule has 168 valence electrons. The Hall–Kier alpha value is -3.58. The molecule has 1 saturated carbocycles. The van der Waals surface area contributed by atoms with E-state index in [9.17, 15) is 14.4 Å². The highest BCUT2D eigenvalue weighted by Crippen LogP contribution is 2.36. The van der Waals surface area contributed by atoms with Gasteiger partial charge in [-0.3, -0.25) is 13.8 Å². The Morgan fingerprint density at radius 3 is 2.79 bits per heavy atom. The van der Waals surface area contributed by atoms with E-state index in [1.54, 1.807) is 17.4 Å². The molecular formula is C23H21FN6O3. The van der Waals surface area contributed by atoms with Gasteiger partial charge in [0, 0.05) is 12.5 Å². The van der Waals surface area contributed by atoms with Crippen molar-refractivity contribution in [3.63, 3.8) is 0 Å². The van der Waals surface area contributed by atoms with E-state index in [0.717, 1.165) is 32.1 Å². The van der Waals surface area contributed by atoms with Crippen LogP contribution in [-0.4, -0.2) is 30.7 Å². The molecule has 1 aromatic carbocycles. The number of aromatic nitrogens is 5. The molecule has 0 radical (unpaired) electrons. The molecule has 33 heavy (non-hydrogen) atoms. The number of ether oxygens (including phenoxy) is 1. The SMILES string of the molecule is CC1(n2c(=O)c3c(-c4noc(C5CCCC5)n4)ncn3c3ccc(F)c(C#N)c32)CCCO1. The maximum Gasteiger partial charge on any atom is 0.280 e. The van der Waals surface area contributed by atoms with Crippen LogP contribution in [0.5, 0.6) is 0 Å². The quantitative estimate of drug-likeness (QED) is 0.468. The summed E-state index contributed by atoms with van der Waals surface area (Å²) >= 11 is 0. The Morgan fingerprint density at radius 2 is 2.06 bits per heavy atom. The predicted octanol–water partition coefficient (Wildman–Crippen LogP) is 3.85. The molecule has 2 aliphatic rings. The van der Waals surface area contributed by atoms with Crippen LogP contribution in [0.2, 0.25) is 0 Å². The molecule has 0 spiro atoms. The number of nitriles is 1. The first kappa shape index (κ1) is 20.1. The minimum atomic E-state index is -1.02. The number of hydrogen-bond acceptors (Lipinski definition) is 7. The van der Waals surface area contributed by atoms with Gasteiger partial charge >= 0.3 is 0 Å². The first-order chi connectivity index (χ1) is 16.0. The Balaban J connectivity index is 1.67. The minimum Gasteiger partial charge on any atom is -0.355 e. The summed E-state index contributed by atoms with van der Waals surface area (Å²) in [5.41, 5.74) is -0.512. The molecule has 10 heteroatoms. The molecule has 3 aromatic heterocycles. The number of halogens is 1. The van der Waals surface area contributed by atoms with Gasteiger partial charge in [-0.05, 0) is 44.7 Å². The van der Waals surface area contributed by atoms with Crippen molar-refractivity contribution < 1.29 is 13.7 Å². The predicted molar refractivity (Wildman–Crippen MR) is 115 cm³/mol. The summed E-state index contributed by atoms with van der Waals surface area (Å²) in [6, 6.07) is 4.68. The van der Waals surface area contributed by atoms with Gasteiger partial charge in [0.2, 0.25) is 11.7 Å². The van der Waals surface area contributed by atoms with Crippen molar-refractivity contribution in [2.45, 2.75) is 57.1 Å². The fourth-order valence-corrected chi connectivity index (χ4v) is 5.25. The second-order valence-corrected chi connectivity index (χ2v) is 8.92. The second kappa shape index (κ2) is 7.22. The van der Waals surface area contributed by atoms with Gasteiger partial charge in [-0.15, -0.1) is 0 Å². The lowest BCUT2D eigenvalue weighted by Gasteiger charge is -2.28. The molecule has 9 nitrogen and oxygen atoms in total. The fourth-order valence-electron chi connectivity index (χ4n) is 5.25. The van der Waals surface area contributed by atoms with Crippen molar-refractivity contribution in [3.8, 4) is 17.6 Å². The lowest BCUT2D eigenvalue weighted by molar-refractivity contribution is -0.0448. The molecule has 1 atom stereocenters. The zero-order valence-corrected chi connectivity index (χ0v) is 18.0. The molecule has 1 aliphatic heterocycles. The highest BCUT2D eigenvalue weighted by atomic mass is 19.1. The summed E-state index contributed by atoms with van der Waals surface area (Å²) < 4.78 is 29.1. The highest BCUT2D eigenvalue weighted by Gasteiger charge is 2.37. The number of nitrogens with zero attached hydrogens (tertiary/aromatic N) is 6. The van der Waals surface area contributed by atoms with E-state index in [1.807, 2.05) is 6.07 Å². The first-order valence-electron chi connectivity index (χ1n) is 11.1. The monoisotopic (exact) mass is 448 g/mol. The largest absolute Gasteiger partial charge is 0.355 e. The van der Waals surface area contributed by atoms with Crippen molar-refractivity contribution in [2.24, 2.45) is 0 Å². The Labute approximate surface area is 187 Å². The fraction of sp³-hybridized carbons (Fsp3) is 0.435. The lowest BCUT2D eigenvalue weighted by Crippen LogP contribution is -2.39. The van der Waals surface area contributed by atoms with Crippen LogP contribution >= 0.6 is 0 Å². The summed E-state index contributed by atoms with van der Waals surface area (Å²) in [6.45, 7) is 2.25. The highest BCUT2D eigenvalue weighted by molar-refractivity contribution is 5.87. The van der Waals surface area contributed by atoms with Gasteiger partial charge in [0.15, 0.2) is 0 Å². The zero-order chi connectivity index (χ0) is 22.7. The van der Waals surface area contributed by atoms with Gasteiger partial charge in [-0.1, -0.05) is 18.0 Å². The van der Waals surface area contributed by atoms with Crippen LogP contribution in [0.1, 0.15) is 62.8 Å². The van der Waals surface area contributed by atoms with Crippen molar-refractivity contribution in [3.05, 3.63) is 46.1 Å². The minimum absolute atomic E-state index is 0.183. The molecular weight excluding hydrogens is 427 g/mol. The first-order valence-corrected chi connectivity index (χ1v) is 11.1. The van der Waals surface area contributed by atoms with Crippen LogP contribution in [0.15, 0.2) is 27.8 Å². The molecule has 6 rings (SSSR count). The van der Waals surface area contributed by atoms with Crippen molar-refractivity contribution in [2.75, 3.05) is 6.61 Å². The molecule has 0 bridgehead atoms. The van der Waals surface area contributed by atoms with Crippen LogP contribution in [0, 0.1) is 17.1 Å². The Morgan fingerprint density at radius 1 is 1.24 bits per heavy atom. The third-order valence-electron chi connectivity index (χ3n) is 6.90. The average Bonchev–Trinajstić information content (AvgIpc) is 3.59. The van der Waals surface area contributed by atoms with Crippen LogP contribution < -0.4 is 5.56 Å². The van der Waals surface area contributed by atoms with Crippen molar-refractivity contribution in [1.82, 2.24) is 24.1 Å². The molecule has 0 N–H and O–H groups in total. The number of imidazole rings is 1. The summed E-state index contributed by atoms with van der Waals surface area (Å²) in [6.07, 6.45) is 7.03. The second-order valence-electron chi connectivity index (χ2n) is 8.92. The van der Waals surface area contributed by atoms with Crippen molar-refractivity contribution in [1.29, 1.82) is 5.26 Å². The van der Waals surface area contributed by atoms with E-state index in [0.29, 0.717) is 24.4 Å². The van der Waals surface area contributed by atoms with Crippen molar-refractivity contribution >= 4 is 16.6 Å². The third kappa shape index (κ3) is 2.85. The number of hydrogen-bond donors (Lipinski definition) is 0. The topological polar surface area (TPSA) is 111 Å². The van der Waals surface area contributed by atoms with Gasteiger partial charge in [-0.25, -0.2) is 9.37 Å². The molecule has 2 fully saturated rings. The van der Waals surface area contributed by atoms with E-state index in [1.165, 1.54) is 17.0 Å². The third-order valence-corrected chi connectivity index (χ3v) is 6.90. The molecule has 1 unspecified atom stereocenters. The molecule has 1 aliphatic carbocycles. The summed E-state index contributed by atoms with van der Waals surface area (Å²) in [5.74, 6) is 0.329. The van der Waals surface area contributed by atoms with Crippen LogP contribution in [0.25, 0.3) is 28.1 Å². The van der Waals surface area contributed by atoms with E-state index in [-0.39, 0.29) is 34.0 Å². The van der Waals surface area contributed by atoms with E-state index in [2.05, 4.69) is 15.1 Å². The summed E-state index contributed by atoms with van der Waals surface area (Å²) in [4.78, 5) is 22.9. The van der Waals surface area contributed by atoms with Gasteiger partial charge in [-0.2, -0.15) is 10.2 Å². The normalized spacial score (nSPS) is 21.4. The van der Waals surface area contributed by atoms with Crippen LogP contribution in [-0.2, 0) is 10.5 Å². The smallest absolute Gasteiger partial charge is 0.280 e. The molecule has 4 aromatic rings. The van der Waals surface area contributed by atoms with Gasteiger partial charge in [0.1, 0.15) is 40.7 Å². The lowest BCUT2D eigenvalue weighted by atomic mass is 10.1. The van der Waals surface area contributed by atoms with E-state index < -0.39 is 17.1 Å². The summed E-state index contributed by atoms with van der Waals surface area (Å²) in [5, 5.41) is 13.8. The average molecular weight is 448 g/mol. The zero-order valence-electron chi connectivity index (χ0n) is 18.0. The Bertz CT molecular complexity index is 1500. The molecule has 0 amide bonds. The maximum atomic E-state index is 14.6. The van der Waals surface area contributed by atoms with E-state index >= 15 is 0 Å². The Kier molecular flexibility index (Phi) is 4.39. The number of rotatable bonds is 3. The van der Waals surface area contributed by atoms with Crippen LogP contribution in [0.3, 0.4) is 0 Å². The summed E-state index contributed by atoms with van der Waals surface area (Å²) in [7, 11) is 0. The van der Waals surface area contributed by atoms with E-state index in [4.69, 9.17) is 9.26 Å². The van der Waals surface area contributed by atoms with Crippen LogP contribution in [0.4, 0.5) is 4.39 Å². The van der Waals surface area contributed by atoms with Gasteiger partial charge in [0.05, 0.1) is 11.0 Å². The standard InChI is InChI=1S/C23H21FN6O3/c1-23(9-4-10-32-23)30-18-14(11-25)15(24)7-8-16(18)29-12-26-17(19(29)22(30)31)20-27-21(33-28-20)13-5-2-3-6-13/h7-8,12-13H,2-6,9-10H2,1H3. The number of fused-ring (bicyclic) bond motifs is 3. The molecule has 1 saturated heterocycles.